The van der Waals surface area contributed by atoms with Crippen molar-refractivity contribution in [3.63, 3.8) is 0 Å². The molecule has 1 aromatic rings. The van der Waals surface area contributed by atoms with Gasteiger partial charge in [-0.05, 0) is 33.3 Å². The summed E-state index contributed by atoms with van der Waals surface area (Å²) in [7, 11) is 0. The number of esters is 1. The topological polar surface area (TPSA) is 38.3 Å². The van der Waals surface area contributed by atoms with E-state index >= 15 is 0 Å². The molecule has 0 saturated carbocycles. The van der Waals surface area contributed by atoms with E-state index in [2.05, 4.69) is 17.4 Å². The molecule has 0 fully saturated rings. The molecule has 0 radical (unpaired) electrons. The van der Waals surface area contributed by atoms with Crippen LogP contribution in [0.25, 0.3) is 0 Å². The fraction of sp³-hybridized carbons (Fsp3) is 0.438. The monoisotopic (exact) mass is 261 g/mol. The first-order valence-electron chi connectivity index (χ1n) is 6.55. The highest BCUT2D eigenvalue weighted by Crippen LogP contribution is 2.07. The lowest BCUT2D eigenvalue weighted by Gasteiger charge is -2.18. The second kappa shape index (κ2) is 7.10. The summed E-state index contributed by atoms with van der Waals surface area (Å²) in [6.07, 6.45) is 3.30. The Morgan fingerprint density at radius 1 is 1.32 bits per heavy atom. The molecule has 3 heteroatoms. The Morgan fingerprint density at radius 2 is 1.95 bits per heavy atom. The predicted molar refractivity (Wildman–Crippen MR) is 77.7 cm³/mol. The molecule has 19 heavy (non-hydrogen) atoms. The minimum absolute atomic E-state index is 0.118. The fourth-order valence-corrected chi connectivity index (χ4v) is 1.50. The van der Waals surface area contributed by atoms with E-state index < -0.39 is 5.60 Å². The highest BCUT2D eigenvalue weighted by atomic mass is 16.6. The van der Waals surface area contributed by atoms with Crippen molar-refractivity contribution < 1.29 is 9.53 Å². The van der Waals surface area contributed by atoms with Crippen molar-refractivity contribution in [3.05, 3.63) is 48.0 Å². The van der Waals surface area contributed by atoms with Gasteiger partial charge in [-0.2, -0.15) is 0 Å². The lowest BCUT2D eigenvalue weighted by atomic mass is 10.2. The molecule has 0 aromatic heterocycles. The fourth-order valence-electron chi connectivity index (χ4n) is 1.50. The van der Waals surface area contributed by atoms with Crippen LogP contribution >= 0.6 is 0 Å². The van der Waals surface area contributed by atoms with Crippen LogP contribution in [0.3, 0.4) is 0 Å². The van der Waals surface area contributed by atoms with Crippen molar-refractivity contribution in [2.24, 2.45) is 0 Å². The van der Waals surface area contributed by atoms with Crippen molar-refractivity contribution in [1.82, 2.24) is 5.32 Å². The maximum atomic E-state index is 11.5. The molecule has 0 amide bonds. The van der Waals surface area contributed by atoms with Gasteiger partial charge in [0.15, 0.2) is 0 Å². The summed E-state index contributed by atoms with van der Waals surface area (Å²) in [6, 6.07) is 10.3. The van der Waals surface area contributed by atoms with Gasteiger partial charge in [0, 0.05) is 18.7 Å². The number of hydrogen-bond acceptors (Lipinski definition) is 3. The van der Waals surface area contributed by atoms with Gasteiger partial charge in [0.1, 0.15) is 5.60 Å². The Morgan fingerprint density at radius 3 is 2.53 bits per heavy atom. The normalized spacial score (nSPS) is 13.5. The number of carbonyl (C=O) groups is 1. The number of ether oxygens (including phenoxy) is 1. The van der Waals surface area contributed by atoms with Gasteiger partial charge < -0.3 is 10.1 Å². The first-order chi connectivity index (χ1) is 8.87. The zero-order valence-electron chi connectivity index (χ0n) is 12.1. The number of hydrogen-bond donors (Lipinski definition) is 1. The third-order valence-corrected chi connectivity index (χ3v) is 2.40. The maximum absolute atomic E-state index is 11.5. The van der Waals surface area contributed by atoms with Gasteiger partial charge in [-0.3, -0.25) is 0 Å². The highest BCUT2D eigenvalue weighted by molar-refractivity contribution is 5.82. The van der Waals surface area contributed by atoms with E-state index in [9.17, 15) is 4.79 Å². The molecule has 1 rings (SSSR count). The van der Waals surface area contributed by atoms with Crippen molar-refractivity contribution in [1.29, 1.82) is 0 Å². The molecule has 0 heterocycles. The quantitative estimate of drug-likeness (QED) is 0.654. The number of carbonyl (C=O) groups excluding carboxylic acids is 1. The van der Waals surface area contributed by atoms with Gasteiger partial charge >= 0.3 is 5.97 Å². The van der Waals surface area contributed by atoms with Gasteiger partial charge in [0.2, 0.25) is 0 Å². The average molecular weight is 261 g/mol. The predicted octanol–water partition coefficient (Wildman–Crippen LogP) is 3.06. The molecule has 0 aliphatic heterocycles. The summed E-state index contributed by atoms with van der Waals surface area (Å²) in [4.78, 5) is 11.5. The standard InChI is InChI=1S/C16H23NO2/c1-13(10-11-15(18)19-16(2,3)4)17-12-14-8-6-5-7-9-14/h5-11,13,17H,12H2,1-4H3/b11-10+. The van der Waals surface area contributed by atoms with E-state index in [0.29, 0.717) is 0 Å². The minimum atomic E-state index is -0.442. The van der Waals surface area contributed by atoms with Gasteiger partial charge in [0.25, 0.3) is 0 Å². The maximum Gasteiger partial charge on any atom is 0.330 e. The molecular weight excluding hydrogens is 238 g/mol. The van der Waals surface area contributed by atoms with Crippen LogP contribution in [0.4, 0.5) is 0 Å². The Labute approximate surface area is 115 Å². The molecule has 0 saturated heterocycles. The van der Waals surface area contributed by atoms with Crippen LogP contribution in [0, 0.1) is 0 Å². The second-order valence-electron chi connectivity index (χ2n) is 5.55. The van der Waals surface area contributed by atoms with Crippen LogP contribution in [0.2, 0.25) is 0 Å². The van der Waals surface area contributed by atoms with E-state index in [4.69, 9.17) is 4.74 Å². The number of benzene rings is 1. The Bertz CT molecular complexity index is 418. The van der Waals surface area contributed by atoms with Gasteiger partial charge in [-0.1, -0.05) is 36.4 Å². The molecule has 3 nitrogen and oxygen atoms in total. The zero-order chi connectivity index (χ0) is 14.3. The largest absolute Gasteiger partial charge is 0.457 e. The summed E-state index contributed by atoms with van der Waals surface area (Å²) in [5.41, 5.74) is 0.780. The second-order valence-corrected chi connectivity index (χ2v) is 5.55. The first-order valence-corrected chi connectivity index (χ1v) is 6.55. The summed E-state index contributed by atoms with van der Waals surface area (Å²) in [5, 5.41) is 3.32. The molecule has 0 aliphatic rings. The van der Waals surface area contributed by atoms with Crippen molar-refractivity contribution in [2.45, 2.75) is 45.9 Å². The SMILES string of the molecule is CC(/C=C/C(=O)OC(C)(C)C)NCc1ccccc1. The van der Waals surface area contributed by atoms with Crippen LogP contribution in [0.15, 0.2) is 42.5 Å². The van der Waals surface area contributed by atoms with Gasteiger partial charge in [-0.15, -0.1) is 0 Å². The van der Waals surface area contributed by atoms with Crippen LogP contribution in [0.5, 0.6) is 0 Å². The summed E-state index contributed by atoms with van der Waals surface area (Å²) in [5.74, 6) is -0.305. The van der Waals surface area contributed by atoms with Crippen LogP contribution < -0.4 is 5.32 Å². The molecule has 0 bridgehead atoms. The Balaban J connectivity index is 2.35. The van der Waals surface area contributed by atoms with Crippen molar-refractivity contribution in [3.8, 4) is 0 Å². The van der Waals surface area contributed by atoms with Crippen molar-refractivity contribution in [2.75, 3.05) is 0 Å². The van der Waals surface area contributed by atoms with Crippen molar-refractivity contribution >= 4 is 5.97 Å². The van der Waals surface area contributed by atoms with Crippen LogP contribution in [-0.2, 0) is 16.1 Å². The summed E-state index contributed by atoms with van der Waals surface area (Å²) < 4.78 is 5.20. The Hall–Kier alpha value is -1.61. The lowest BCUT2D eigenvalue weighted by Crippen LogP contribution is -2.25. The third kappa shape index (κ3) is 7.42. The van der Waals surface area contributed by atoms with E-state index in [0.717, 1.165) is 6.54 Å². The zero-order valence-corrected chi connectivity index (χ0v) is 12.1. The van der Waals surface area contributed by atoms with Crippen LogP contribution in [-0.4, -0.2) is 17.6 Å². The molecule has 1 unspecified atom stereocenters. The third-order valence-electron chi connectivity index (χ3n) is 2.40. The van der Waals surface area contributed by atoms with E-state index in [-0.39, 0.29) is 12.0 Å². The Kier molecular flexibility index (Phi) is 5.77. The smallest absolute Gasteiger partial charge is 0.330 e. The molecule has 1 N–H and O–H groups in total. The van der Waals surface area contributed by atoms with Crippen LogP contribution in [0.1, 0.15) is 33.3 Å². The summed E-state index contributed by atoms with van der Waals surface area (Å²) in [6.45, 7) is 8.35. The van der Waals surface area contributed by atoms with Gasteiger partial charge in [0.05, 0.1) is 0 Å². The highest BCUT2D eigenvalue weighted by Gasteiger charge is 2.13. The summed E-state index contributed by atoms with van der Waals surface area (Å²) >= 11 is 0. The van der Waals surface area contributed by atoms with E-state index in [1.54, 1.807) is 0 Å². The van der Waals surface area contributed by atoms with E-state index in [1.165, 1.54) is 11.6 Å². The lowest BCUT2D eigenvalue weighted by molar-refractivity contribution is -0.148. The molecule has 0 spiro atoms. The number of rotatable bonds is 5. The molecule has 1 aromatic carbocycles. The molecule has 1 atom stereocenters. The van der Waals surface area contributed by atoms with Gasteiger partial charge in [-0.25, -0.2) is 4.79 Å². The minimum Gasteiger partial charge on any atom is -0.457 e. The molecule has 104 valence electrons. The molecular formula is C16H23NO2. The number of nitrogens with one attached hydrogen (secondary N) is 1. The average Bonchev–Trinajstić information content (AvgIpc) is 2.33. The molecule has 0 aliphatic carbocycles. The van der Waals surface area contributed by atoms with E-state index in [1.807, 2.05) is 52.0 Å². The first kappa shape index (κ1) is 15.4.